The van der Waals surface area contributed by atoms with Gasteiger partial charge in [0, 0.05) is 12.6 Å². The Morgan fingerprint density at radius 1 is 0.938 bits per heavy atom. The summed E-state index contributed by atoms with van der Waals surface area (Å²) in [5.41, 5.74) is 3.15. The maximum atomic E-state index is 12.5. The number of carbonyl (C=O) groups excluding carboxylic acids is 1. The van der Waals surface area contributed by atoms with Gasteiger partial charge in [0.1, 0.15) is 5.82 Å². The molecular weight excluding hydrogens is 394 g/mol. The lowest BCUT2D eigenvalue weighted by Crippen LogP contribution is -2.27. The van der Waals surface area contributed by atoms with E-state index < -0.39 is 0 Å². The van der Waals surface area contributed by atoms with Crippen LogP contribution in [0, 0.1) is 0 Å². The Bertz CT molecular complexity index is 990. The van der Waals surface area contributed by atoms with Crippen LogP contribution in [0.15, 0.2) is 60.7 Å². The van der Waals surface area contributed by atoms with E-state index in [9.17, 15) is 4.79 Å². The van der Waals surface area contributed by atoms with Crippen molar-refractivity contribution >= 4 is 23.0 Å². The molecule has 1 aromatic heterocycles. The van der Waals surface area contributed by atoms with Gasteiger partial charge < -0.3 is 9.88 Å². The number of carbonyl (C=O) groups is 1. The lowest BCUT2D eigenvalue weighted by Gasteiger charge is -2.15. The molecule has 0 saturated carbocycles. The summed E-state index contributed by atoms with van der Waals surface area (Å²) in [5, 5.41) is 3.09. The van der Waals surface area contributed by atoms with E-state index in [2.05, 4.69) is 28.9 Å². The summed E-state index contributed by atoms with van der Waals surface area (Å²) in [6.45, 7) is 5.21. The number of hydrogen-bond donors (Lipinski definition) is 1. The highest BCUT2D eigenvalue weighted by molar-refractivity contribution is 5.92. The van der Waals surface area contributed by atoms with Gasteiger partial charge in [-0.25, -0.2) is 4.98 Å². The lowest BCUT2D eigenvalue weighted by molar-refractivity contribution is -0.117. The molecule has 1 amide bonds. The Kier molecular flexibility index (Phi) is 9.55. The number of fused-ring (bicyclic) bond motifs is 1. The second-order valence-electron chi connectivity index (χ2n) is 8.56. The quantitative estimate of drug-likeness (QED) is 0.232. The molecule has 0 aliphatic carbocycles. The monoisotopic (exact) mass is 431 g/mol. The van der Waals surface area contributed by atoms with Crippen molar-refractivity contribution in [2.75, 3.05) is 0 Å². The molecule has 1 atom stereocenters. The molecule has 4 heteroatoms. The van der Waals surface area contributed by atoms with Crippen LogP contribution in [-0.4, -0.2) is 15.5 Å². The zero-order valence-electron chi connectivity index (χ0n) is 19.6. The van der Waals surface area contributed by atoms with Gasteiger partial charge in [0.05, 0.1) is 17.1 Å². The zero-order valence-corrected chi connectivity index (χ0v) is 19.6. The van der Waals surface area contributed by atoms with Gasteiger partial charge in [0.2, 0.25) is 5.91 Å². The number of hydrogen-bond acceptors (Lipinski definition) is 2. The fourth-order valence-corrected chi connectivity index (χ4v) is 4.13. The summed E-state index contributed by atoms with van der Waals surface area (Å²) in [7, 11) is 0. The summed E-state index contributed by atoms with van der Waals surface area (Å²) in [4.78, 5) is 17.4. The molecule has 1 unspecified atom stereocenters. The van der Waals surface area contributed by atoms with Crippen molar-refractivity contribution in [3.63, 3.8) is 0 Å². The minimum atomic E-state index is -0.163. The van der Waals surface area contributed by atoms with Crippen LogP contribution in [0.3, 0.4) is 0 Å². The second kappa shape index (κ2) is 12.8. The Morgan fingerprint density at radius 3 is 2.34 bits per heavy atom. The third kappa shape index (κ3) is 7.08. The summed E-state index contributed by atoms with van der Waals surface area (Å²) in [5.74, 6) is 0.822. The number of para-hydroxylation sites is 2. The van der Waals surface area contributed by atoms with Crippen LogP contribution < -0.4 is 5.32 Å². The number of unbranched alkanes of at least 4 members (excludes halogenated alkanes) is 7. The molecule has 3 rings (SSSR count). The van der Waals surface area contributed by atoms with Crippen molar-refractivity contribution in [1.29, 1.82) is 0 Å². The Labute approximate surface area is 192 Å². The van der Waals surface area contributed by atoms with Crippen molar-refractivity contribution < 1.29 is 4.79 Å². The standard InChI is InChI=1S/C28H37N3O/c1-3-4-5-6-7-8-9-15-22-31-26-19-14-13-18-25(26)30-28(31)23(2)29-27(32)21-20-24-16-11-10-12-17-24/h10-14,16-21,23H,3-9,15,22H2,1-2H3,(H,29,32)/b21-20-. The maximum Gasteiger partial charge on any atom is 0.244 e. The normalized spacial score (nSPS) is 12.4. The Morgan fingerprint density at radius 2 is 1.59 bits per heavy atom. The Hall–Kier alpha value is -2.88. The number of rotatable bonds is 13. The minimum absolute atomic E-state index is 0.105. The molecule has 0 aliphatic rings. The first-order valence-corrected chi connectivity index (χ1v) is 12.2. The summed E-state index contributed by atoms with van der Waals surface area (Å²) >= 11 is 0. The van der Waals surface area contributed by atoms with Gasteiger partial charge in [0.25, 0.3) is 0 Å². The molecule has 1 heterocycles. The predicted octanol–water partition coefficient (Wildman–Crippen LogP) is 7.07. The van der Waals surface area contributed by atoms with Gasteiger partial charge in [0.15, 0.2) is 0 Å². The lowest BCUT2D eigenvalue weighted by atomic mass is 10.1. The predicted molar refractivity (Wildman–Crippen MR) is 134 cm³/mol. The molecule has 0 spiro atoms. The third-order valence-corrected chi connectivity index (χ3v) is 5.89. The first kappa shape index (κ1) is 23.8. The summed E-state index contributed by atoms with van der Waals surface area (Å²) < 4.78 is 2.29. The van der Waals surface area contributed by atoms with Gasteiger partial charge in [-0.1, -0.05) is 94.3 Å². The number of nitrogens with one attached hydrogen (secondary N) is 1. The molecule has 0 bridgehead atoms. The average molecular weight is 432 g/mol. The van der Waals surface area contributed by atoms with Gasteiger partial charge in [-0.15, -0.1) is 0 Å². The summed E-state index contributed by atoms with van der Waals surface area (Å²) in [6, 6.07) is 18.0. The van der Waals surface area contributed by atoms with Crippen molar-refractivity contribution in [1.82, 2.24) is 14.9 Å². The van der Waals surface area contributed by atoms with Gasteiger partial charge in [-0.05, 0) is 37.1 Å². The number of imidazole rings is 1. The van der Waals surface area contributed by atoms with Crippen LogP contribution in [0.25, 0.3) is 17.1 Å². The smallest absolute Gasteiger partial charge is 0.244 e. The number of benzene rings is 2. The number of aryl methyl sites for hydroxylation is 1. The largest absolute Gasteiger partial charge is 0.343 e. The van der Waals surface area contributed by atoms with E-state index in [1.807, 2.05) is 55.5 Å². The fraction of sp³-hybridized carbons (Fsp3) is 0.429. The van der Waals surface area contributed by atoms with Gasteiger partial charge in [-0.2, -0.15) is 0 Å². The average Bonchev–Trinajstić information content (AvgIpc) is 3.19. The van der Waals surface area contributed by atoms with Gasteiger partial charge in [-0.3, -0.25) is 4.79 Å². The topological polar surface area (TPSA) is 46.9 Å². The molecule has 0 saturated heterocycles. The van der Waals surface area contributed by atoms with Crippen LogP contribution in [0.1, 0.15) is 82.6 Å². The fourth-order valence-electron chi connectivity index (χ4n) is 4.13. The molecule has 3 aromatic rings. The van der Waals surface area contributed by atoms with Crippen LogP contribution in [0.5, 0.6) is 0 Å². The number of aromatic nitrogens is 2. The van der Waals surface area contributed by atoms with Crippen molar-refractivity contribution in [2.45, 2.75) is 77.8 Å². The molecule has 32 heavy (non-hydrogen) atoms. The van der Waals surface area contributed by atoms with E-state index in [-0.39, 0.29) is 11.9 Å². The molecule has 2 aromatic carbocycles. The number of nitrogens with zero attached hydrogens (tertiary/aromatic N) is 2. The molecular formula is C28H37N3O. The molecule has 0 radical (unpaired) electrons. The van der Waals surface area contributed by atoms with E-state index in [1.54, 1.807) is 6.08 Å². The molecule has 0 aliphatic heterocycles. The van der Waals surface area contributed by atoms with E-state index in [0.29, 0.717) is 0 Å². The first-order chi connectivity index (χ1) is 15.7. The van der Waals surface area contributed by atoms with Crippen molar-refractivity contribution in [3.8, 4) is 0 Å². The van der Waals surface area contributed by atoms with E-state index in [1.165, 1.54) is 44.9 Å². The first-order valence-electron chi connectivity index (χ1n) is 12.2. The summed E-state index contributed by atoms with van der Waals surface area (Å²) in [6.07, 6.45) is 13.8. The molecule has 0 fully saturated rings. The van der Waals surface area contributed by atoms with Crippen LogP contribution in [-0.2, 0) is 11.3 Å². The highest BCUT2D eigenvalue weighted by atomic mass is 16.1. The third-order valence-electron chi connectivity index (χ3n) is 5.89. The zero-order chi connectivity index (χ0) is 22.6. The van der Waals surface area contributed by atoms with Crippen molar-refractivity contribution in [3.05, 3.63) is 72.1 Å². The van der Waals surface area contributed by atoms with E-state index in [4.69, 9.17) is 4.98 Å². The van der Waals surface area contributed by atoms with Crippen molar-refractivity contribution in [2.24, 2.45) is 0 Å². The highest BCUT2D eigenvalue weighted by Crippen LogP contribution is 2.22. The van der Waals surface area contributed by atoms with Crippen LogP contribution in [0.2, 0.25) is 0 Å². The van der Waals surface area contributed by atoms with E-state index >= 15 is 0 Å². The Balaban J connectivity index is 1.60. The molecule has 1 N–H and O–H groups in total. The second-order valence-corrected chi connectivity index (χ2v) is 8.56. The SMILES string of the molecule is CCCCCCCCCCn1c(C(C)NC(=O)/C=C\c2ccccc2)nc2ccccc21. The highest BCUT2D eigenvalue weighted by Gasteiger charge is 2.17. The minimum Gasteiger partial charge on any atom is -0.343 e. The van der Waals surface area contributed by atoms with Crippen LogP contribution >= 0.6 is 0 Å². The number of amides is 1. The van der Waals surface area contributed by atoms with Crippen LogP contribution in [0.4, 0.5) is 0 Å². The van der Waals surface area contributed by atoms with E-state index in [0.717, 1.165) is 35.4 Å². The molecule has 170 valence electrons. The van der Waals surface area contributed by atoms with Gasteiger partial charge >= 0.3 is 0 Å². The maximum absolute atomic E-state index is 12.5. The molecule has 4 nitrogen and oxygen atoms in total.